The normalized spacial score (nSPS) is 19.9. The zero-order valence-electron chi connectivity index (χ0n) is 14.4. The SMILES string of the molecule is O=C(O)NCC1CCC(CNC(=O)c2cc(Cl)nc3ccccc23)CC1. The lowest BCUT2D eigenvalue weighted by atomic mass is 9.82. The molecule has 0 spiro atoms. The van der Waals surface area contributed by atoms with E-state index in [9.17, 15) is 9.59 Å². The first-order chi connectivity index (χ1) is 12.5. The molecule has 6 nitrogen and oxygen atoms in total. The Hall–Kier alpha value is -2.34. The fraction of sp³-hybridized carbons (Fsp3) is 0.421. The monoisotopic (exact) mass is 375 g/mol. The van der Waals surface area contributed by atoms with Gasteiger partial charge in [0.25, 0.3) is 5.91 Å². The number of rotatable bonds is 5. The van der Waals surface area contributed by atoms with E-state index < -0.39 is 6.09 Å². The lowest BCUT2D eigenvalue weighted by Gasteiger charge is -2.28. The number of carbonyl (C=O) groups is 2. The third-order valence-corrected chi connectivity index (χ3v) is 5.18. The van der Waals surface area contributed by atoms with E-state index in [4.69, 9.17) is 16.7 Å². The van der Waals surface area contributed by atoms with Gasteiger partial charge in [-0.3, -0.25) is 4.79 Å². The van der Waals surface area contributed by atoms with E-state index in [1.54, 1.807) is 6.07 Å². The number of carbonyl (C=O) groups excluding carboxylic acids is 1. The van der Waals surface area contributed by atoms with Gasteiger partial charge in [-0.25, -0.2) is 9.78 Å². The van der Waals surface area contributed by atoms with E-state index in [-0.39, 0.29) is 5.91 Å². The molecule has 1 aromatic heterocycles. The maximum atomic E-state index is 12.6. The number of halogens is 1. The van der Waals surface area contributed by atoms with Crippen molar-refractivity contribution in [1.29, 1.82) is 0 Å². The number of nitrogens with zero attached hydrogens (tertiary/aromatic N) is 1. The lowest BCUT2D eigenvalue weighted by molar-refractivity contribution is 0.0942. The number of hydrogen-bond acceptors (Lipinski definition) is 3. The van der Waals surface area contributed by atoms with Crippen LogP contribution in [0.1, 0.15) is 36.0 Å². The smallest absolute Gasteiger partial charge is 0.404 e. The topological polar surface area (TPSA) is 91.3 Å². The second-order valence-electron chi connectivity index (χ2n) is 6.79. The predicted molar refractivity (Wildman–Crippen MR) is 101 cm³/mol. The van der Waals surface area contributed by atoms with Crippen molar-refractivity contribution in [3.8, 4) is 0 Å². The Morgan fingerprint density at radius 2 is 1.69 bits per heavy atom. The molecule has 0 unspecified atom stereocenters. The third kappa shape index (κ3) is 4.64. The average Bonchev–Trinajstić information content (AvgIpc) is 2.64. The van der Waals surface area contributed by atoms with Crippen molar-refractivity contribution in [1.82, 2.24) is 15.6 Å². The van der Waals surface area contributed by atoms with Crippen LogP contribution in [0.25, 0.3) is 10.9 Å². The summed E-state index contributed by atoms with van der Waals surface area (Å²) < 4.78 is 0. The van der Waals surface area contributed by atoms with Crippen LogP contribution in [0.5, 0.6) is 0 Å². The van der Waals surface area contributed by atoms with Crippen molar-refractivity contribution in [2.75, 3.05) is 13.1 Å². The standard InChI is InChI=1S/C19H22ClN3O3/c20-17-9-15(14-3-1-2-4-16(14)23-17)18(24)21-10-12-5-7-13(8-6-12)11-22-19(25)26/h1-4,9,12-13,22H,5-8,10-11H2,(H,21,24)(H,25,26). The van der Waals surface area contributed by atoms with E-state index in [1.165, 1.54) is 0 Å². The van der Waals surface area contributed by atoms with Gasteiger partial charge in [-0.2, -0.15) is 0 Å². The van der Waals surface area contributed by atoms with Gasteiger partial charge in [-0.05, 0) is 49.7 Å². The molecular weight excluding hydrogens is 354 g/mol. The van der Waals surface area contributed by atoms with Gasteiger partial charge in [0.2, 0.25) is 0 Å². The number of fused-ring (bicyclic) bond motifs is 1. The Bertz CT molecular complexity index is 804. The van der Waals surface area contributed by atoms with Gasteiger partial charge in [0.15, 0.2) is 0 Å². The van der Waals surface area contributed by atoms with Crippen LogP contribution in [0.15, 0.2) is 30.3 Å². The van der Waals surface area contributed by atoms with Gasteiger partial charge in [0, 0.05) is 18.5 Å². The highest BCUT2D eigenvalue weighted by Gasteiger charge is 2.22. The summed E-state index contributed by atoms with van der Waals surface area (Å²) in [5.41, 5.74) is 1.25. The second kappa shape index (κ2) is 8.36. The number of para-hydroxylation sites is 1. The molecule has 0 atom stereocenters. The van der Waals surface area contributed by atoms with Gasteiger partial charge >= 0.3 is 6.09 Å². The van der Waals surface area contributed by atoms with Crippen LogP contribution in [0.4, 0.5) is 4.79 Å². The summed E-state index contributed by atoms with van der Waals surface area (Å²) in [4.78, 5) is 27.4. The molecule has 1 fully saturated rings. The van der Waals surface area contributed by atoms with Gasteiger partial charge < -0.3 is 15.7 Å². The third-order valence-electron chi connectivity index (χ3n) is 4.99. The van der Waals surface area contributed by atoms with E-state index >= 15 is 0 Å². The molecular formula is C19H22ClN3O3. The number of amides is 2. The molecule has 3 rings (SSSR count). The van der Waals surface area contributed by atoms with E-state index in [0.29, 0.717) is 41.2 Å². The second-order valence-corrected chi connectivity index (χ2v) is 7.18. The summed E-state index contributed by atoms with van der Waals surface area (Å²) in [5.74, 6) is 0.671. The molecule has 3 N–H and O–H groups in total. The fourth-order valence-corrected chi connectivity index (χ4v) is 3.73. The van der Waals surface area contributed by atoms with E-state index in [0.717, 1.165) is 31.1 Å². The molecule has 0 radical (unpaired) electrons. The summed E-state index contributed by atoms with van der Waals surface area (Å²) in [7, 11) is 0. The molecule has 1 aliphatic rings. The highest BCUT2D eigenvalue weighted by molar-refractivity contribution is 6.30. The van der Waals surface area contributed by atoms with E-state index in [1.807, 2.05) is 24.3 Å². The number of benzene rings is 1. The molecule has 1 heterocycles. The zero-order chi connectivity index (χ0) is 18.5. The van der Waals surface area contributed by atoms with Crippen molar-refractivity contribution < 1.29 is 14.7 Å². The minimum Gasteiger partial charge on any atom is -0.465 e. The van der Waals surface area contributed by atoms with Gasteiger partial charge in [-0.15, -0.1) is 0 Å². The minimum absolute atomic E-state index is 0.139. The first kappa shape index (κ1) is 18.5. The lowest BCUT2D eigenvalue weighted by Crippen LogP contribution is -2.34. The van der Waals surface area contributed by atoms with Gasteiger partial charge in [0.1, 0.15) is 5.15 Å². The molecule has 0 saturated heterocycles. The predicted octanol–water partition coefficient (Wildman–Crippen LogP) is 3.69. The fourth-order valence-electron chi connectivity index (χ4n) is 3.53. The van der Waals surface area contributed by atoms with Gasteiger partial charge in [-0.1, -0.05) is 29.8 Å². The number of aromatic nitrogens is 1. The molecule has 2 amide bonds. The van der Waals surface area contributed by atoms with Gasteiger partial charge in [0.05, 0.1) is 11.1 Å². The van der Waals surface area contributed by atoms with Crippen LogP contribution in [-0.2, 0) is 0 Å². The summed E-state index contributed by atoms with van der Waals surface area (Å²) in [6.45, 7) is 1.13. The minimum atomic E-state index is -0.970. The zero-order valence-corrected chi connectivity index (χ0v) is 15.1. The Balaban J connectivity index is 1.55. The maximum absolute atomic E-state index is 12.6. The van der Waals surface area contributed by atoms with Crippen LogP contribution < -0.4 is 10.6 Å². The van der Waals surface area contributed by atoms with Crippen LogP contribution >= 0.6 is 11.6 Å². The molecule has 0 bridgehead atoms. The van der Waals surface area contributed by atoms with Crippen LogP contribution in [0.2, 0.25) is 5.15 Å². The molecule has 0 aliphatic heterocycles. The summed E-state index contributed by atoms with van der Waals surface area (Å²) in [6, 6.07) is 9.05. The van der Waals surface area contributed by atoms with Crippen molar-refractivity contribution in [2.24, 2.45) is 11.8 Å². The highest BCUT2D eigenvalue weighted by atomic mass is 35.5. The van der Waals surface area contributed by atoms with E-state index in [2.05, 4.69) is 15.6 Å². The largest absolute Gasteiger partial charge is 0.465 e. The molecule has 2 aromatic rings. The van der Waals surface area contributed by atoms with Crippen molar-refractivity contribution >= 4 is 34.5 Å². The molecule has 1 saturated carbocycles. The molecule has 26 heavy (non-hydrogen) atoms. The number of carboxylic acid groups (broad SMARTS) is 1. The first-order valence-electron chi connectivity index (χ1n) is 8.83. The molecule has 7 heteroatoms. The highest BCUT2D eigenvalue weighted by Crippen LogP contribution is 2.28. The van der Waals surface area contributed by atoms with Crippen molar-refractivity contribution in [3.63, 3.8) is 0 Å². The van der Waals surface area contributed by atoms with Crippen molar-refractivity contribution in [3.05, 3.63) is 41.0 Å². The Kier molecular flexibility index (Phi) is 5.93. The Morgan fingerprint density at radius 3 is 2.35 bits per heavy atom. The summed E-state index contributed by atoms with van der Waals surface area (Å²) in [5, 5.41) is 15.2. The van der Waals surface area contributed by atoms with Crippen LogP contribution in [0, 0.1) is 11.8 Å². The average molecular weight is 376 g/mol. The summed E-state index contributed by atoms with van der Waals surface area (Å²) in [6.07, 6.45) is 2.96. The Labute approximate surface area is 156 Å². The molecule has 138 valence electrons. The Morgan fingerprint density at radius 1 is 1.08 bits per heavy atom. The first-order valence-corrected chi connectivity index (χ1v) is 9.21. The number of pyridine rings is 1. The quantitative estimate of drug-likeness (QED) is 0.695. The molecule has 1 aliphatic carbocycles. The van der Waals surface area contributed by atoms with Crippen LogP contribution in [-0.4, -0.2) is 35.2 Å². The number of nitrogens with one attached hydrogen (secondary N) is 2. The summed E-state index contributed by atoms with van der Waals surface area (Å²) >= 11 is 6.05. The number of hydrogen-bond donors (Lipinski definition) is 3. The molecule has 1 aromatic carbocycles. The van der Waals surface area contributed by atoms with Crippen molar-refractivity contribution in [2.45, 2.75) is 25.7 Å². The maximum Gasteiger partial charge on any atom is 0.404 e. The van der Waals surface area contributed by atoms with Crippen LogP contribution in [0.3, 0.4) is 0 Å².